The molecule has 2 aromatic carbocycles. The predicted molar refractivity (Wildman–Crippen MR) is 109 cm³/mol. The molecule has 2 rings (SSSR count). The van der Waals surface area contributed by atoms with Gasteiger partial charge in [0.05, 0.1) is 7.11 Å². The van der Waals surface area contributed by atoms with Crippen LogP contribution >= 0.6 is 0 Å². The molecule has 0 unspecified atom stereocenters. The number of nitriles is 1. The molecule has 0 aromatic heterocycles. The molecule has 0 fully saturated rings. The van der Waals surface area contributed by atoms with E-state index in [1.807, 2.05) is 42.5 Å². The van der Waals surface area contributed by atoms with Gasteiger partial charge in [-0.15, -0.1) is 0 Å². The topological polar surface area (TPSA) is 65.4 Å². The summed E-state index contributed by atoms with van der Waals surface area (Å²) >= 11 is 0. The smallest absolute Gasteiger partial charge is 0.265 e. The van der Waals surface area contributed by atoms with Crippen LogP contribution in [0.15, 0.2) is 60.2 Å². The first-order valence-corrected chi connectivity index (χ1v) is 9.01. The molecule has 27 heavy (non-hydrogen) atoms. The van der Waals surface area contributed by atoms with Gasteiger partial charge >= 0.3 is 0 Å². The number of methoxy groups -OCH3 is 1. The molecule has 0 aliphatic carbocycles. The number of benzene rings is 2. The monoisotopic (exact) mass is 363 g/mol. The van der Waals surface area contributed by atoms with E-state index in [2.05, 4.69) is 24.1 Å². The lowest BCUT2D eigenvalue weighted by Crippen LogP contribution is -2.21. The van der Waals surface area contributed by atoms with Crippen LogP contribution in [-0.4, -0.2) is 26.1 Å². The number of carbonyl (C=O) groups is 1. The summed E-state index contributed by atoms with van der Waals surface area (Å²) in [5, 5.41) is 12.1. The second kappa shape index (κ2) is 10.0. The van der Waals surface area contributed by atoms with Crippen LogP contribution in [0, 0.1) is 11.3 Å². The average Bonchev–Trinajstić information content (AvgIpc) is 2.70. The molecule has 5 nitrogen and oxygen atoms in total. The maximum absolute atomic E-state index is 12.3. The van der Waals surface area contributed by atoms with E-state index >= 15 is 0 Å². The number of nitrogens with zero attached hydrogens (tertiary/aromatic N) is 2. The zero-order valence-corrected chi connectivity index (χ0v) is 16.0. The number of amides is 1. The Morgan fingerprint density at radius 2 is 1.89 bits per heavy atom. The van der Waals surface area contributed by atoms with Crippen LogP contribution in [0.3, 0.4) is 0 Å². The third-order valence-electron chi connectivity index (χ3n) is 4.32. The summed E-state index contributed by atoms with van der Waals surface area (Å²) in [7, 11) is 1.63. The molecule has 0 saturated heterocycles. The van der Waals surface area contributed by atoms with Crippen molar-refractivity contribution >= 4 is 17.3 Å². The number of para-hydroxylation sites is 1. The molecule has 1 N–H and O–H groups in total. The van der Waals surface area contributed by atoms with Crippen molar-refractivity contribution in [3.05, 3.63) is 65.7 Å². The quantitative estimate of drug-likeness (QED) is 0.565. The highest BCUT2D eigenvalue weighted by Gasteiger charge is 2.11. The van der Waals surface area contributed by atoms with E-state index in [9.17, 15) is 10.1 Å². The maximum atomic E-state index is 12.3. The zero-order chi connectivity index (χ0) is 19.6. The Bertz CT molecular complexity index is 834. The van der Waals surface area contributed by atoms with Crippen LogP contribution < -0.4 is 15.0 Å². The summed E-state index contributed by atoms with van der Waals surface area (Å²) in [6, 6.07) is 17.1. The number of rotatable bonds is 8. The summed E-state index contributed by atoms with van der Waals surface area (Å²) in [5.74, 6) is 0.332. The highest BCUT2D eigenvalue weighted by atomic mass is 16.5. The molecule has 0 radical (unpaired) electrons. The standard InChI is InChI=1S/C22H25N3O2/c1-4-25(5-2)20-14-13-17(21(15-20)27-3)11-12-18(16-23)22(26)24-19-9-7-6-8-10-19/h6-10,12-15H,4-5,11H2,1-3H3,(H,24,26)/b18-12+. The minimum atomic E-state index is -0.414. The molecular formula is C22H25N3O2. The molecule has 0 atom stereocenters. The highest BCUT2D eigenvalue weighted by molar-refractivity contribution is 6.06. The lowest BCUT2D eigenvalue weighted by atomic mass is 10.1. The predicted octanol–water partition coefficient (Wildman–Crippen LogP) is 4.17. The van der Waals surface area contributed by atoms with Gasteiger partial charge in [0, 0.05) is 30.5 Å². The molecule has 0 saturated carbocycles. The molecule has 0 spiro atoms. The number of anilines is 2. The van der Waals surface area contributed by atoms with Gasteiger partial charge in [-0.1, -0.05) is 30.3 Å². The van der Waals surface area contributed by atoms with Gasteiger partial charge < -0.3 is 15.0 Å². The Balaban J connectivity index is 2.16. The van der Waals surface area contributed by atoms with Gasteiger partial charge in [0.2, 0.25) is 0 Å². The lowest BCUT2D eigenvalue weighted by Gasteiger charge is -2.22. The SMILES string of the molecule is CCN(CC)c1ccc(C/C=C(\C#N)C(=O)Nc2ccccc2)c(OC)c1. The number of nitrogens with one attached hydrogen (secondary N) is 1. The Morgan fingerprint density at radius 3 is 2.48 bits per heavy atom. The molecule has 0 aliphatic rings. The molecular weight excluding hydrogens is 338 g/mol. The largest absolute Gasteiger partial charge is 0.496 e. The van der Waals surface area contributed by atoms with E-state index in [4.69, 9.17) is 4.74 Å². The van der Waals surface area contributed by atoms with Crippen molar-refractivity contribution in [2.75, 3.05) is 30.4 Å². The van der Waals surface area contributed by atoms with Crippen LogP contribution in [0.1, 0.15) is 19.4 Å². The third-order valence-corrected chi connectivity index (χ3v) is 4.32. The number of allylic oxidation sites excluding steroid dienone is 1. The van der Waals surface area contributed by atoms with Crippen LogP contribution in [-0.2, 0) is 11.2 Å². The Labute approximate surface area is 160 Å². The minimum Gasteiger partial charge on any atom is -0.496 e. The van der Waals surface area contributed by atoms with Crippen molar-refractivity contribution in [2.45, 2.75) is 20.3 Å². The minimum absolute atomic E-state index is 0.0775. The molecule has 1 amide bonds. The summed E-state index contributed by atoms with van der Waals surface area (Å²) in [6.45, 7) is 6.04. The van der Waals surface area contributed by atoms with Gasteiger partial charge in [-0.3, -0.25) is 4.79 Å². The summed E-state index contributed by atoms with van der Waals surface area (Å²) in [5.41, 5.74) is 2.75. The third kappa shape index (κ3) is 5.35. The molecule has 5 heteroatoms. The normalized spacial score (nSPS) is 10.8. The van der Waals surface area contributed by atoms with Gasteiger partial charge in [0.15, 0.2) is 0 Å². The van der Waals surface area contributed by atoms with E-state index < -0.39 is 5.91 Å². The molecule has 0 aliphatic heterocycles. The Hall–Kier alpha value is -3.26. The Kier molecular flexibility index (Phi) is 7.45. The Morgan fingerprint density at radius 1 is 1.19 bits per heavy atom. The van der Waals surface area contributed by atoms with Crippen LogP contribution in [0.2, 0.25) is 0 Å². The van der Waals surface area contributed by atoms with Crippen LogP contribution in [0.4, 0.5) is 11.4 Å². The summed E-state index contributed by atoms with van der Waals surface area (Å²) in [4.78, 5) is 14.5. The molecule has 140 valence electrons. The summed E-state index contributed by atoms with van der Waals surface area (Å²) < 4.78 is 5.51. The van der Waals surface area contributed by atoms with Crippen molar-refractivity contribution in [1.29, 1.82) is 5.26 Å². The molecule has 0 heterocycles. The van der Waals surface area contributed by atoms with E-state index in [0.717, 1.165) is 30.1 Å². The van der Waals surface area contributed by atoms with E-state index in [1.54, 1.807) is 25.3 Å². The molecule has 2 aromatic rings. The van der Waals surface area contributed by atoms with E-state index in [-0.39, 0.29) is 5.57 Å². The fourth-order valence-electron chi connectivity index (χ4n) is 2.81. The fraction of sp³-hybridized carbons (Fsp3) is 0.273. The van der Waals surface area contributed by atoms with Crippen LogP contribution in [0.25, 0.3) is 0 Å². The van der Waals surface area contributed by atoms with Gasteiger partial charge in [0.25, 0.3) is 5.91 Å². The second-order valence-corrected chi connectivity index (χ2v) is 5.92. The van der Waals surface area contributed by atoms with Crippen molar-refractivity contribution < 1.29 is 9.53 Å². The van der Waals surface area contributed by atoms with Gasteiger partial charge in [-0.05, 0) is 44.0 Å². The zero-order valence-electron chi connectivity index (χ0n) is 16.0. The summed E-state index contributed by atoms with van der Waals surface area (Å²) in [6.07, 6.45) is 2.07. The number of carbonyl (C=O) groups excluding carboxylic acids is 1. The first-order valence-electron chi connectivity index (χ1n) is 9.01. The molecule has 0 bridgehead atoms. The van der Waals surface area contributed by atoms with Crippen molar-refractivity contribution in [2.24, 2.45) is 0 Å². The average molecular weight is 363 g/mol. The van der Waals surface area contributed by atoms with Gasteiger partial charge in [-0.2, -0.15) is 5.26 Å². The maximum Gasteiger partial charge on any atom is 0.265 e. The highest BCUT2D eigenvalue weighted by Crippen LogP contribution is 2.26. The van der Waals surface area contributed by atoms with E-state index in [1.165, 1.54) is 0 Å². The van der Waals surface area contributed by atoms with Crippen molar-refractivity contribution in [1.82, 2.24) is 0 Å². The first kappa shape index (κ1) is 20.1. The van der Waals surface area contributed by atoms with Gasteiger partial charge in [0.1, 0.15) is 17.4 Å². The first-order chi connectivity index (χ1) is 13.1. The van der Waals surface area contributed by atoms with Crippen molar-refractivity contribution in [3.8, 4) is 11.8 Å². The lowest BCUT2D eigenvalue weighted by molar-refractivity contribution is -0.112. The fourth-order valence-corrected chi connectivity index (χ4v) is 2.81. The van der Waals surface area contributed by atoms with E-state index in [0.29, 0.717) is 12.1 Å². The second-order valence-electron chi connectivity index (χ2n) is 5.92. The van der Waals surface area contributed by atoms with Gasteiger partial charge in [-0.25, -0.2) is 0 Å². The van der Waals surface area contributed by atoms with Crippen LogP contribution in [0.5, 0.6) is 5.75 Å². The van der Waals surface area contributed by atoms with Crippen molar-refractivity contribution in [3.63, 3.8) is 0 Å². The number of ether oxygens (including phenoxy) is 1. The number of hydrogen-bond donors (Lipinski definition) is 1. The number of hydrogen-bond acceptors (Lipinski definition) is 4.